The zero-order chi connectivity index (χ0) is 14.0. The molecule has 0 fully saturated rings. The van der Waals surface area contributed by atoms with Gasteiger partial charge in [-0.25, -0.2) is 0 Å². The minimum absolute atomic E-state index is 0.195. The monoisotopic (exact) mass is 267 g/mol. The summed E-state index contributed by atoms with van der Waals surface area (Å²) < 4.78 is 6.16. The van der Waals surface area contributed by atoms with Gasteiger partial charge < -0.3 is 9.53 Å². The molecule has 1 unspecified atom stereocenters. The Bertz CT molecular complexity index is 397. The lowest BCUT2D eigenvalue weighted by Gasteiger charge is -2.36. The van der Waals surface area contributed by atoms with E-state index in [-0.39, 0.29) is 5.04 Å². The maximum Gasteiger partial charge on any atom is 0.192 e. The standard InChI is InChI=1S/C14H25NO2Si/c1-11(16)13-12(8-7-9-15-13)10-17-18(5,6)14(2,3)4/h7-9,11,16H,10H2,1-6H3. The number of hydrogen-bond acceptors (Lipinski definition) is 3. The fraction of sp³-hybridized carbons (Fsp3) is 0.643. The summed E-state index contributed by atoms with van der Waals surface area (Å²) in [5, 5.41) is 9.88. The van der Waals surface area contributed by atoms with Crippen LogP contribution >= 0.6 is 0 Å². The number of pyridine rings is 1. The lowest BCUT2D eigenvalue weighted by Crippen LogP contribution is -2.40. The maximum atomic E-state index is 9.69. The van der Waals surface area contributed by atoms with E-state index in [1.807, 2.05) is 12.1 Å². The van der Waals surface area contributed by atoms with Crippen molar-refractivity contribution in [3.63, 3.8) is 0 Å². The summed E-state index contributed by atoms with van der Waals surface area (Å²) in [6.07, 6.45) is 1.15. The minimum Gasteiger partial charge on any atom is -0.412 e. The van der Waals surface area contributed by atoms with Crippen LogP contribution in [0, 0.1) is 0 Å². The van der Waals surface area contributed by atoms with E-state index in [9.17, 15) is 5.11 Å². The van der Waals surface area contributed by atoms with E-state index >= 15 is 0 Å². The summed E-state index contributed by atoms with van der Waals surface area (Å²) in [7, 11) is -1.75. The Hall–Kier alpha value is -0.713. The van der Waals surface area contributed by atoms with E-state index in [0.717, 1.165) is 11.3 Å². The van der Waals surface area contributed by atoms with Gasteiger partial charge in [-0.3, -0.25) is 4.98 Å². The van der Waals surface area contributed by atoms with Gasteiger partial charge >= 0.3 is 0 Å². The highest BCUT2D eigenvalue weighted by atomic mass is 28.4. The van der Waals surface area contributed by atoms with Crippen molar-refractivity contribution in [2.24, 2.45) is 0 Å². The Morgan fingerprint density at radius 1 is 1.39 bits per heavy atom. The molecule has 102 valence electrons. The van der Waals surface area contributed by atoms with Crippen LogP contribution in [0.4, 0.5) is 0 Å². The van der Waals surface area contributed by atoms with Crippen LogP contribution < -0.4 is 0 Å². The fourth-order valence-electron chi connectivity index (χ4n) is 1.42. The highest BCUT2D eigenvalue weighted by Crippen LogP contribution is 2.37. The zero-order valence-electron chi connectivity index (χ0n) is 12.3. The Kier molecular flexibility index (Phi) is 4.70. The maximum absolute atomic E-state index is 9.69. The molecule has 1 aromatic rings. The van der Waals surface area contributed by atoms with Gasteiger partial charge in [0.25, 0.3) is 0 Å². The van der Waals surface area contributed by atoms with Crippen molar-refractivity contribution >= 4 is 8.32 Å². The smallest absolute Gasteiger partial charge is 0.192 e. The van der Waals surface area contributed by atoms with Gasteiger partial charge in [0.2, 0.25) is 0 Å². The third kappa shape index (κ3) is 3.64. The van der Waals surface area contributed by atoms with Gasteiger partial charge in [-0.15, -0.1) is 0 Å². The van der Waals surface area contributed by atoms with Gasteiger partial charge in [0.15, 0.2) is 8.32 Å². The summed E-state index contributed by atoms with van der Waals surface area (Å²) in [6, 6.07) is 3.86. The second kappa shape index (κ2) is 5.51. The summed E-state index contributed by atoms with van der Waals surface area (Å²) in [5.41, 5.74) is 1.70. The Morgan fingerprint density at radius 3 is 2.50 bits per heavy atom. The Balaban J connectivity index is 2.81. The lowest BCUT2D eigenvalue weighted by atomic mass is 10.1. The molecule has 1 heterocycles. The average Bonchev–Trinajstić information content (AvgIpc) is 2.25. The first-order valence-corrected chi connectivity index (χ1v) is 9.32. The van der Waals surface area contributed by atoms with Gasteiger partial charge in [0.05, 0.1) is 18.4 Å². The first kappa shape index (κ1) is 15.3. The molecule has 4 heteroatoms. The van der Waals surface area contributed by atoms with Gasteiger partial charge in [-0.1, -0.05) is 26.8 Å². The Morgan fingerprint density at radius 2 is 2.00 bits per heavy atom. The van der Waals surface area contributed by atoms with Crippen LogP contribution in [-0.2, 0) is 11.0 Å². The molecule has 0 saturated carbocycles. The number of aromatic nitrogens is 1. The summed E-state index contributed by atoms with van der Waals surface area (Å²) in [6.45, 7) is 13.4. The van der Waals surface area contributed by atoms with Crippen LogP contribution in [0.2, 0.25) is 18.1 Å². The van der Waals surface area contributed by atoms with Crippen LogP contribution in [0.1, 0.15) is 45.1 Å². The van der Waals surface area contributed by atoms with Gasteiger partial charge in [0.1, 0.15) is 0 Å². The van der Waals surface area contributed by atoms with Gasteiger partial charge in [-0.05, 0) is 31.1 Å². The van der Waals surface area contributed by atoms with Crippen LogP contribution in [-0.4, -0.2) is 18.4 Å². The number of rotatable bonds is 4. The molecule has 0 aliphatic rings. The molecule has 0 radical (unpaired) electrons. The predicted molar refractivity (Wildman–Crippen MR) is 76.9 cm³/mol. The second-order valence-electron chi connectivity index (χ2n) is 6.27. The fourth-order valence-corrected chi connectivity index (χ4v) is 2.37. The number of aliphatic hydroxyl groups is 1. The van der Waals surface area contributed by atoms with Gasteiger partial charge in [0, 0.05) is 11.8 Å². The molecular weight excluding hydrogens is 242 g/mol. The van der Waals surface area contributed by atoms with Crippen LogP contribution in [0.3, 0.4) is 0 Å². The Labute approximate surface area is 111 Å². The van der Waals surface area contributed by atoms with Crippen molar-refractivity contribution in [3.05, 3.63) is 29.6 Å². The molecule has 1 atom stereocenters. The minimum atomic E-state index is -1.75. The molecule has 0 aromatic carbocycles. The predicted octanol–water partition coefficient (Wildman–Crippen LogP) is 3.66. The molecule has 0 saturated heterocycles. The van der Waals surface area contributed by atoms with E-state index < -0.39 is 14.4 Å². The van der Waals surface area contributed by atoms with Crippen molar-refractivity contribution < 1.29 is 9.53 Å². The molecule has 18 heavy (non-hydrogen) atoms. The van der Waals surface area contributed by atoms with Crippen molar-refractivity contribution in [2.75, 3.05) is 0 Å². The zero-order valence-corrected chi connectivity index (χ0v) is 13.3. The first-order chi connectivity index (χ1) is 8.15. The van der Waals surface area contributed by atoms with E-state index in [1.165, 1.54) is 0 Å². The number of hydrogen-bond donors (Lipinski definition) is 1. The molecule has 1 rings (SSSR count). The van der Waals surface area contributed by atoms with Crippen LogP contribution in [0.5, 0.6) is 0 Å². The summed E-state index contributed by atoms with van der Waals surface area (Å²) in [4.78, 5) is 4.23. The third-order valence-electron chi connectivity index (χ3n) is 3.72. The van der Waals surface area contributed by atoms with E-state index in [2.05, 4.69) is 38.8 Å². The van der Waals surface area contributed by atoms with Crippen LogP contribution in [0.15, 0.2) is 18.3 Å². The topological polar surface area (TPSA) is 42.4 Å². The number of aliphatic hydroxyl groups excluding tert-OH is 1. The highest BCUT2D eigenvalue weighted by Gasteiger charge is 2.37. The third-order valence-corrected chi connectivity index (χ3v) is 8.19. The van der Waals surface area contributed by atoms with Gasteiger partial charge in [-0.2, -0.15) is 0 Å². The molecule has 0 spiro atoms. The molecule has 0 aliphatic heterocycles. The SMILES string of the molecule is CC(O)c1ncccc1CO[Si](C)(C)C(C)(C)C. The number of nitrogens with zero attached hydrogens (tertiary/aromatic N) is 1. The summed E-state index contributed by atoms with van der Waals surface area (Å²) >= 11 is 0. The largest absolute Gasteiger partial charge is 0.412 e. The van der Waals surface area contributed by atoms with Crippen molar-refractivity contribution in [3.8, 4) is 0 Å². The van der Waals surface area contributed by atoms with Crippen molar-refractivity contribution in [1.82, 2.24) is 4.98 Å². The molecule has 3 nitrogen and oxygen atoms in total. The van der Waals surface area contributed by atoms with Crippen molar-refractivity contribution in [2.45, 2.75) is 58.5 Å². The summed E-state index contributed by atoms with van der Waals surface area (Å²) in [5.74, 6) is 0. The molecule has 1 aromatic heterocycles. The highest BCUT2D eigenvalue weighted by molar-refractivity contribution is 6.74. The molecular formula is C14H25NO2Si. The van der Waals surface area contributed by atoms with Crippen molar-refractivity contribution in [1.29, 1.82) is 0 Å². The molecule has 0 aliphatic carbocycles. The second-order valence-corrected chi connectivity index (χ2v) is 11.1. The first-order valence-electron chi connectivity index (χ1n) is 6.41. The molecule has 1 N–H and O–H groups in total. The van der Waals surface area contributed by atoms with E-state index in [1.54, 1.807) is 13.1 Å². The molecule has 0 bridgehead atoms. The average molecular weight is 267 g/mol. The van der Waals surface area contributed by atoms with E-state index in [4.69, 9.17) is 4.43 Å². The quantitative estimate of drug-likeness (QED) is 0.847. The van der Waals surface area contributed by atoms with Crippen LogP contribution in [0.25, 0.3) is 0 Å². The lowest BCUT2D eigenvalue weighted by molar-refractivity contribution is 0.188. The molecule has 0 amide bonds. The normalized spacial score (nSPS) is 14.6. The van der Waals surface area contributed by atoms with E-state index in [0.29, 0.717) is 6.61 Å².